The maximum atomic E-state index is 13.4. The van der Waals surface area contributed by atoms with Gasteiger partial charge >= 0.3 is 0 Å². The minimum atomic E-state index is -0.846. The van der Waals surface area contributed by atoms with Gasteiger partial charge in [-0.05, 0) is 32.4 Å². The van der Waals surface area contributed by atoms with Crippen molar-refractivity contribution in [2.75, 3.05) is 11.9 Å². The number of hydrogen-bond acceptors (Lipinski definition) is 3. The molecule has 0 aliphatic heterocycles. The van der Waals surface area contributed by atoms with Crippen molar-refractivity contribution < 1.29 is 18.3 Å². The number of carbonyl (C=O) groups excluding carboxylic acids is 1. The lowest BCUT2D eigenvalue weighted by Gasteiger charge is -2.09. The van der Waals surface area contributed by atoms with Crippen LogP contribution >= 0.6 is 0 Å². The molecule has 0 fully saturated rings. The van der Waals surface area contributed by atoms with Gasteiger partial charge in [0.25, 0.3) is 5.91 Å². The standard InChI is InChI=1S/C16H19F2N3O2/c1-4-7-21-11(3)16(10(2)20-21)19-15(22)9-23-14-6-5-12(17)8-13(14)18/h5-6,8H,4,7,9H2,1-3H3,(H,19,22). The average molecular weight is 323 g/mol. The number of hydrogen-bond donors (Lipinski definition) is 1. The Morgan fingerprint density at radius 3 is 2.74 bits per heavy atom. The first-order chi connectivity index (χ1) is 10.9. The molecular formula is C16H19F2N3O2. The van der Waals surface area contributed by atoms with Crippen molar-refractivity contribution >= 4 is 11.6 Å². The molecule has 23 heavy (non-hydrogen) atoms. The maximum absolute atomic E-state index is 13.4. The van der Waals surface area contributed by atoms with Gasteiger partial charge in [0.2, 0.25) is 0 Å². The van der Waals surface area contributed by atoms with E-state index >= 15 is 0 Å². The quantitative estimate of drug-likeness (QED) is 0.888. The van der Waals surface area contributed by atoms with E-state index in [0.717, 1.165) is 30.8 Å². The summed E-state index contributed by atoms with van der Waals surface area (Å²) in [6.45, 7) is 6.10. The molecule has 1 N–H and O–H groups in total. The van der Waals surface area contributed by atoms with Crippen LogP contribution < -0.4 is 10.1 Å². The molecule has 1 aromatic heterocycles. The Hall–Kier alpha value is -2.44. The summed E-state index contributed by atoms with van der Waals surface area (Å²) in [6, 6.07) is 2.92. The van der Waals surface area contributed by atoms with E-state index in [9.17, 15) is 13.6 Å². The molecule has 2 rings (SSSR count). The molecule has 0 saturated carbocycles. The minimum absolute atomic E-state index is 0.170. The monoisotopic (exact) mass is 323 g/mol. The molecule has 0 saturated heterocycles. The largest absolute Gasteiger partial charge is 0.481 e. The molecule has 124 valence electrons. The Kier molecular flexibility index (Phi) is 5.31. The topological polar surface area (TPSA) is 56.2 Å². The summed E-state index contributed by atoms with van der Waals surface area (Å²) in [5.74, 6) is -2.15. The van der Waals surface area contributed by atoms with Crippen LogP contribution in [0.3, 0.4) is 0 Å². The van der Waals surface area contributed by atoms with Gasteiger partial charge in [-0.1, -0.05) is 6.92 Å². The van der Waals surface area contributed by atoms with Gasteiger partial charge in [0.15, 0.2) is 18.2 Å². The second kappa shape index (κ2) is 7.21. The predicted octanol–water partition coefficient (Wildman–Crippen LogP) is 3.21. The predicted molar refractivity (Wildman–Crippen MR) is 82.5 cm³/mol. The van der Waals surface area contributed by atoms with E-state index in [1.54, 1.807) is 6.92 Å². The number of nitrogens with one attached hydrogen (secondary N) is 1. The van der Waals surface area contributed by atoms with Gasteiger partial charge in [-0.25, -0.2) is 8.78 Å². The van der Waals surface area contributed by atoms with Crippen LogP contribution in [-0.4, -0.2) is 22.3 Å². The van der Waals surface area contributed by atoms with Crippen LogP contribution in [0.1, 0.15) is 24.7 Å². The Morgan fingerprint density at radius 2 is 2.09 bits per heavy atom. The van der Waals surface area contributed by atoms with Gasteiger partial charge in [0.1, 0.15) is 5.82 Å². The van der Waals surface area contributed by atoms with Crippen LogP contribution in [0.4, 0.5) is 14.5 Å². The molecule has 1 heterocycles. The van der Waals surface area contributed by atoms with E-state index in [0.29, 0.717) is 17.4 Å². The molecule has 0 unspecified atom stereocenters. The van der Waals surface area contributed by atoms with Gasteiger partial charge in [-0.2, -0.15) is 5.10 Å². The lowest BCUT2D eigenvalue weighted by molar-refractivity contribution is -0.118. The fourth-order valence-corrected chi connectivity index (χ4v) is 2.22. The van der Waals surface area contributed by atoms with Crippen LogP contribution in [-0.2, 0) is 11.3 Å². The van der Waals surface area contributed by atoms with Gasteiger partial charge in [-0.15, -0.1) is 0 Å². The smallest absolute Gasteiger partial charge is 0.262 e. The van der Waals surface area contributed by atoms with Gasteiger partial charge in [0, 0.05) is 12.6 Å². The molecule has 7 heteroatoms. The number of ether oxygens (including phenoxy) is 1. The maximum Gasteiger partial charge on any atom is 0.262 e. The Labute approximate surface area is 133 Å². The molecule has 0 bridgehead atoms. The molecule has 0 atom stereocenters. The highest BCUT2D eigenvalue weighted by Crippen LogP contribution is 2.20. The summed E-state index contributed by atoms with van der Waals surface area (Å²) in [7, 11) is 0. The summed E-state index contributed by atoms with van der Waals surface area (Å²) in [5, 5.41) is 7.07. The lowest BCUT2D eigenvalue weighted by atomic mass is 10.3. The van der Waals surface area contributed by atoms with Crippen molar-refractivity contribution in [3.8, 4) is 5.75 Å². The van der Waals surface area contributed by atoms with Crippen LogP contribution in [0.2, 0.25) is 0 Å². The average Bonchev–Trinajstić information content (AvgIpc) is 2.74. The van der Waals surface area contributed by atoms with Crippen molar-refractivity contribution in [3.63, 3.8) is 0 Å². The Bertz CT molecular complexity index is 714. The molecule has 5 nitrogen and oxygen atoms in total. The van der Waals surface area contributed by atoms with Gasteiger partial charge < -0.3 is 10.1 Å². The van der Waals surface area contributed by atoms with E-state index in [1.807, 2.05) is 18.5 Å². The molecule has 0 spiro atoms. The lowest BCUT2D eigenvalue weighted by Crippen LogP contribution is -2.21. The third kappa shape index (κ3) is 4.06. The number of nitrogens with zero attached hydrogens (tertiary/aromatic N) is 2. The molecule has 0 aliphatic rings. The number of halogens is 2. The molecule has 2 aromatic rings. The fraction of sp³-hybridized carbons (Fsp3) is 0.375. The summed E-state index contributed by atoms with van der Waals surface area (Å²) < 4.78 is 33.1. The zero-order valence-corrected chi connectivity index (χ0v) is 13.3. The number of aromatic nitrogens is 2. The molecule has 0 radical (unpaired) electrons. The van der Waals surface area contributed by atoms with Gasteiger partial charge in [0.05, 0.1) is 17.1 Å². The SMILES string of the molecule is CCCn1nc(C)c(NC(=O)COc2ccc(F)cc2F)c1C. The van der Waals surface area contributed by atoms with Crippen molar-refractivity contribution in [1.29, 1.82) is 0 Å². The van der Waals surface area contributed by atoms with Crippen LogP contribution in [0, 0.1) is 25.5 Å². The van der Waals surface area contributed by atoms with E-state index in [-0.39, 0.29) is 12.4 Å². The van der Waals surface area contributed by atoms with Crippen molar-refractivity contribution in [1.82, 2.24) is 9.78 Å². The fourth-order valence-electron chi connectivity index (χ4n) is 2.22. The highest BCUT2D eigenvalue weighted by molar-refractivity contribution is 5.93. The zero-order chi connectivity index (χ0) is 17.0. The normalized spacial score (nSPS) is 10.7. The first kappa shape index (κ1) is 16.9. The number of amides is 1. The summed E-state index contributed by atoms with van der Waals surface area (Å²) in [4.78, 5) is 12.0. The first-order valence-electron chi connectivity index (χ1n) is 7.34. The highest BCUT2D eigenvalue weighted by Gasteiger charge is 2.15. The Balaban J connectivity index is 2.00. The van der Waals surface area contributed by atoms with Crippen LogP contribution in [0.15, 0.2) is 18.2 Å². The van der Waals surface area contributed by atoms with Gasteiger partial charge in [-0.3, -0.25) is 9.48 Å². The second-order valence-corrected chi connectivity index (χ2v) is 5.18. The third-order valence-electron chi connectivity index (χ3n) is 3.33. The van der Waals surface area contributed by atoms with Crippen molar-refractivity contribution in [2.45, 2.75) is 33.7 Å². The summed E-state index contributed by atoms with van der Waals surface area (Å²) in [5.41, 5.74) is 2.19. The Morgan fingerprint density at radius 1 is 1.35 bits per heavy atom. The zero-order valence-electron chi connectivity index (χ0n) is 13.3. The van der Waals surface area contributed by atoms with E-state index in [4.69, 9.17) is 4.74 Å². The van der Waals surface area contributed by atoms with Crippen molar-refractivity contribution in [3.05, 3.63) is 41.2 Å². The molecule has 1 aromatic carbocycles. The number of carbonyl (C=O) groups is 1. The number of aryl methyl sites for hydroxylation is 2. The van der Waals surface area contributed by atoms with Crippen LogP contribution in [0.25, 0.3) is 0 Å². The van der Waals surface area contributed by atoms with Crippen molar-refractivity contribution in [2.24, 2.45) is 0 Å². The van der Waals surface area contributed by atoms with E-state index < -0.39 is 17.5 Å². The number of benzene rings is 1. The first-order valence-corrected chi connectivity index (χ1v) is 7.34. The van der Waals surface area contributed by atoms with E-state index in [1.165, 1.54) is 0 Å². The molecule has 0 aliphatic carbocycles. The molecule has 1 amide bonds. The van der Waals surface area contributed by atoms with Crippen LogP contribution in [0.5, 0.6) is 5.75 Å². The number of rotatable bonds is 6. The van der Waals surface area contributed by atoms with E-state index in [2.05, 4.69) is 10.4 Å². The molecular weight excluding hydrogens is 304 g/mol. The third-order valence-corrected chi connectivity index (χ3v) is 3.33. The number of anilines is 1. The summed E-state index contributed by atoms with van der Waals surface area (Å²) in [6.07, 6.45) is 0.933. The summed E-state index contributed by atoms with van der Waals surface area (Å²) >= 11 is 0. The highest BCUT2D eigenvalue weighted by atomic mass is 19.1. The second-order valence-electron chi connectivity index (χ2n) is 5.18. The minimum Gasteiger partial charge on any atom is -0.481 e.